The number of fused-ring (bicyclic) bond motifs is 3. The summed E-state index contributed by atoms with van der Waals surface area (Å²) < 4.78 is 43.1. The molecule has 0 radical (unpaired) electrons. The van der Waals surface area contributed by atoms with E-state index < -0.39 is 11.7 Å². The summed E-state index contributed by atoms with van der Waals surface area (Å²) in [5.74, 6) is 0.810. The quantitative estimate of drug-likeness (QED) is 0.257. The standard InChI is InChI=1S/C27H17F3N2S/c28-27(29,30)19-13-14-25-23(16-19)32(22-11-4-5-12-24(22)33-25)26-21(18-8-2-1-3-9-18)17-20-10-6-7-15-31(20)26/h1-17H. The summed E-state index contributed by atoms with van der Waals surface area (Å²) in [7, 11) is 0. The number of para-hydroxylation sites is 1. The SMILES string of the molecule is FC(F)(F)c1ccc2c(c1)N(c1c(-c3ccccc3)cc3ccccn13)c1ccccc1S2. The van der Waals surface area contributed by atoms with Gasteiger partial charge in [-0.3, -0.25) is 4.90 Å². The molecule has 5 aromatic rings. The molecule has 0 saturated heterocycles. The number of halogens is 3. The van der Waals surface area contributed by atoms with Crippen LogP contribution < -0.4 is 4.90 Å². The van der Waals surface area contributed by atoms with Crippen LogP contribution >= 0.6 is 11.8 Å². The van der Waals surface area contributed by atoms with Crippen LogP contribution in [0.5, 0.6) is 0 Å². The Morgan fingerprint density at radius 1 is 0.667 bits per heavy atom. The van der Waals surface area contributed by atoms with Crippen LogP contribution in [0.15, 0.2) is 113 Å². The second-order valence-electron chi connectivity index (χ2n) is 7.83. The molecule has 33 heavy (non-hydrogen) atoms. The maximum absolute atomic E-state index is 13.7. The number of aromatic nitrogens is 1. The van der Waals surface area contributed by atoms with Crippen LogP contribution in [0.3, 0.4) is 0 Å². The van der Waals surface area contributed by atoms with Gasteiger partial charge in [0.05, 0.1) is 16.9 Å². The lowest BCUT2D eigenvalue weighted by Crippen LogP contribution is -2.18. The minimum Gasteiger partial charge on any atom is -0.302 e. The van der Waals surface area contributed by atoms with Gasteiger partial charge in [0.2, 0.25) is 0 Å². The molecule has 0 spiro atoms. The average Bonchev–Trinajstić information content (AvgIpc) is 3.21. The minimum atomic E-state index is -4.42. The fourth-order valence-corrected chi connectivity index (χ4v) is 5.37. The van der Waals surface area contributed by atoms with Gasteiger partial charge in [0.15, 0.2) is 0 Å². The molecule has 162 valence electrons. The summed E-state index contributed by atoms with van der Waals surface area (Å²) in [6, 6.07) is 29.8. The normalized spacial score (nSPS) is 13.1. The van der Waals surface area contributed by atoms with Crippen LogP contribution in [-0.4, -0.2) is 4.40 Å². The second kappa shape index (κ2) is 7.46. The largest absolute Gasteiger partial charge is 0.416 e. The molecule has 0 bridgehead atoms. The summed E-state index contributed by atoms with van der Waals surface area (Å²) >= 11 is 1.49. The Morgan fingerprint density at radius 3 is 2.21 bits per heavy atom. The van der Waals surface area contributed by atoms with Gasteiger partial charge in [-0.1, -0.05) is 60.3 Å². The third kappa shape index (κ3) is 3.29. The van der Waals surface area contributed by atoms with Crippen molar-refractivity contribution in [2.24, 2.45) is 0 Å². The highest BCUT2D eigenvalue weighted by atomic mass is 32.2. The van der Waals surface area contributed by atoms with Crippen molar-refractivity contribution in [2.75, 3.05) is 4.90 Å². The molecule has 0 unspecified atom stereocenters. The van der Waals surface area contributed by atoms with Crippen molar-refractivity contribution in [1.29, 1.82) is 0 Å². The van der Waals surface area contributed by atoms with E-state index in [1.807, 2.05) is 88.3 Å². The Hall–Kier alpha value is -3.64. The molecule has 0 atom stereocenters. The van der Waals surface area contributed by atoms with E-state index in [1.165, 1.54) is 17.8 Å². The smallest absolute Gasteiger partial charge is 0.302 e. The topological polar surface area (TPSA) is 7.65 Å². The molecule has 2 nitrogen and oxygen atoms in total. The zero-order valence-electron chi connectivity index (χ0n) is 17.3. The summed E-state index contributed by atoms with van der Waals surface area (Å²) in [5, 5.41) is 0. The number of hydrogen-bond acceptors (Lipinski definition) is 2. The lowest BCUT2D eigenvalue weighted by atomic mass is 10.1. The van der Waals surface area contributed by atoms with Gasteiger partial charge in [-0.15, -0.1) is 0 Å². The first kappa shape index (κ1) is 20.0. The number of pyridine rings is 1. The van der Waals surface area contributed by atoms with Crippen LogP contribution in [0.4, 0.5) is 30.4 Å². The number of alkyl halides is 3. The van der Waals surface area contributed by atoms with Gasteiger partial charge in [-0.2, -0.15) is 13.2 Å². The molecule has 0 amide bonds. The number of anilines is 3. The van der Waals surface area contributed by atoms with Crippen LogP contribution in [0.1, 0.15) is 5.56 Å². The number of rotatable bonds is 2. The highest BCUT2D eigenvalue weighted by Crippen LogP contribution is 2.54. The van der Waals surface area contributed by atoms with E-state index in [-0.39, 0.29) is 0 Å². The maximum Gasteiger partial charge on any atom is 0.416 e. The Kier molecular flexibility index (Phi) is 4.52. The highest BCUT2D eigenvalue weighted by molar-refractivity contribution is 7.99. The molecule has 2 aromatic heterocycles. The molecule has 3 aromatic carbocycles. The van der Waals surface area contributed by atoms with Crippen molar-refractivity contribution in [3.63, 3.8) is 0 Å². The maximum atomic E-state index is 13.7. The van der Waals surface area contributed by atoms with Gasteiger partial charge in [-0.25, -0.2) is 0 Å². The fourth-order valence-electron chi connectivity index (χ4n) is 4.33. The molecule has 6 heteroatoms. The first-order valence-corrected chi connectivity index (χ1v) is 11.3. The minimum absolute atomic E-state index is 0.523. The Morgan fingerprint density at radius 2 is 1.39 bits per heavy atom. The summed E-state index contributed by atoms with van der Waals surface area (Å²) in [5.41, 5.74) is 3.64. The van der Waals surface area contributed by atoms with Crippen molar-refractivity contribution in [1.82, 2.24) is 4.40 Å². The summed E-state index contributed by atoms with van der Waals surface area (Å²) in [4.78, 5) is 3.74. The predicted octanol–water partition coefficient (Wildman–Crippen LogP) is 8.56. The molecular formula is C27H17F3N2S. The zero-order chi connectivity index (χ0) is 22.6. The van der Waals surface area contributed by atoms with Gasteiger partial charge in [0, 0.05) is 27.1 Å². The molecule has 6 rings (SSSR count). The highest BCUT2D eigenvalue weighted by Gasteiger charge is 2.35. The van der Waals surface area contributed by atoms with Gasteiger partial charge in [0.1, 0.15) is 5.82 Å². The lowest BCUT2D eigenvalue weighted by molar-refractivity contribution is -0.137. The summed E-state index contributed by atoms with van der Waals surface area (Å²) in [6.07, 6.45) is -2.47. The van der Waals surface area contributed by atoms with Crippen molar-refractivity contribution in [3.8, 4) is 11.1 Å². The molecule has 0 aliphatic carbocycles. The monoisotopic (exact) mass is 458 g/mol. The predicted molar refractivity (Wildman–Crippen MR) is 127 cm³/mol. The zero-order valence-corrected chi connectivity index (χ0v) is 18.1. The third-order valence-corrected chi connectivity index (χ3v) is 6.93. The van der Waals surface area contributed by atoms with Crippen LogP contribution in [0.25, 0.3) is 16.6 Å². The molecule has 0 N–H and O–H groups in total. The van der Waals surface area contributed by atoms with Gasteiger partial charge >= 0.3 is 6.18 Å². The Bertz CT molecular complexity index is 1490. The third-order valence-electron chi connectivity index (χ3n) is 5.80. The van der Waals surface area contributed by atoms with Crippen LogP contribution in [0.2, 0.25) is 0 Å². The molecular weight excluding hydrogens is 441 g/mol. The lowest BCUT2D eigenvalue weighted by Gasteiger charge is -2.34. The number of hydrogen-bond donors (Lipinski definition) is 0. The molecule has 3 heterocycles. The second-order valence-corrected chi connectivity index (χ2v) is 8.91. The number of nitrogens with zero attached hydrogens (tertiary/aromatic N) is 2. The van der Waals surface area contributed by atoms with E-state index in [2.05, 4.69) is 6.07 Å². The molecule has 1 aliphatic heterocycles. The van der Waals surface area contributed by atoms with E-state index in [4.69, 9.17) is 0 Å². The van der Waals surface area contributed by atoms with Gasteiger partial charge in [0.25, 0.3) is 0 Å². The van der Waals surface area contributed by atoms with Crippen LogP contribution in [-0.2, 0) is 6.18 Å². The van der Waals surface area contributed by atoms with Crippen LogP contribution in [0, 0.1) is 0 Å². The van der Waals surface area contributed by atoms with Crippen molar-refractivity contribution < 1.29 is 13.2 Å². The van der Waals surface area contributed by atoms with Crippen molar-refractivity contribution >= 4 is 34.5 Å². The van der Waals surface area contributed by atoms with Crippen molar-refractivity contribution in [3.05, 3.63) is 109 Å². The van der Waals surface area contributed by atoms with Crippen molar-refractivity contribution in [2.45, 2.75) is 16.0 Å². The Balaban J connectivity index is 1.70. The molecule has 0 fully saturated rings. The number of benzene rings is 3. The average molecular weight is 459 g/mol. The Labute approximate surface area is 192 Å². The van der Waals surface area contributed by atoms with E-state index in [0.29, 0.717) is 5.69 Å². The van der Waals surface area contributed by atoms with E-state index >= 15 is 0 Å². The van der Waals surface area contributed by atoms with E-state index in [1.54, 1.807) is 6.07 Å². The molecule has 0 saturated carbocycles. The first-order valence-electron chi connectivity index (χ1n) is 10.4. The summed E-state index contributed by atoms with van der Waals surface area (Å²) in [6.45, 7) is 0. The van der Waals surface area contributed by atoms with Gasteiger partial charge in [-0.05, 0) is 54.1 Å². The van der Waals surface area contributed by atoms with E-state index in [9.17, 15) is 13.2 Å². The first-order chi connectivity index (χ1) is 16.0. The molecule has 1 aliphatic rings. The van der Waals surface area contributed by atoms with E-state index in [0.717, 1.165) is 44.0 Å². The van der Waals surface area contributed by atoms with Gasteiger partial charge < -0.3 is 4.40 Å². The fraction of sp³-hybridized carbons (Fsp3) is 0.0370.